The number of benzene rings is 2. The smallest absolute Gasteiger partial charge is 0.253 e. The van der Waals surface area contributed by atoms with Gasteiger partial charge in [0.1, 0.15) is 5.75 Å². The molecule has 0 aromatic heterocycles. The normalized spacial score (nSPS) is 24.5. The van der Waals surface area contributed by atoms with Gasteiger partial charge in [-0.05, 0) is 49.4 Å². The highest BCUT2D eigenvalue weighted by atomic mass is 16.5. The second-order valence-corrected chi connectivity index (χ2v) is 8.09. The number of rotatable bonds is 4. The van der Waals surface area contributed by atoms with E-state index in [0.717, 1.165) is 48.4 Å². The molecular weight excluding hydrogens is 350 g/mol. The fourth-order valence-corrected chi connectivity index (χ4v) is 5.13. The molecule has 4 heteroatoms. The van der Waals surface area contributed by atoms with Gasteiger partial charge in [0.05, 0.1) is 13.2 Å². The summed E-state index contributed by atoms with van der Waals surface area (Å²) in [5.41, 5.74) is 3.00. The number of likely N-dealkylation sites (tertiary alicyclic amines) is 1. The number of carbonyl (C=O) groups excluding carboxylic acids is 1. The van der Waals surface area contributed by atoms with Crippen LogP contribution in [0.2, 0.25) is 0 Å². The zero-order valence-corrected chi connectivity index (χ0v) is 16.8. The molecule has 0 N–H and O–H groups in total. The predicted octanol–water partition coefficient (Wildman–Crippen LogP) is 4.78. The van der Waals surface area contributed by atoms with Crippen molar-refractivity contribution in [1.29, 1.82) is 0 Å². The van der Waals surface area contributed by atoms with Crippen LogP contribution in [0.3, 0.4) is 0 Å². The van der Waals surface area contributed by atoms with E-state index >= 15 is 0 Å². The lowest BCUT2D eigenvalue weighted by Crippen LogP contribution is -2.49. The van der Waals surface area contributed by atoms with Crippen molar-refractivity contribution < 1.29 is 14.3 Å². The van der Waals surface area contributed by atoms with Crippen molar-refractivity contribution >= 4 is 5.91 Å². The van der Waals surface area contributed by atoms with Crippen LogP contribution >= 0.6 is 0 Å². The van der Waals surface area contributed by atoms with Gasteiger partial charge < -0.3 is 14.4 Å². The molecule has 28 heavy (non-hydrogen) atoms. The van der Waals surface area contributed by atoms with E-state index in [1.54, 1.807) is 7.11 Å². The van der Waals surface area contributed by atoms with Crippen molar-refractivity contribution in [2.75, 3.05) is 27.3 Å². The van der Waals surface area contributed by atoms with E-state index in [1.165, 1.54) is 19.3 Å². The van der Waals surface area contributed by atoms with Gasteiger partial charge in [0.25, 0.3) is 5.91 Å². The molecular formula is C24H29NO3. The largest absolute Gasteiger partial charge is 0.496 e. The van der Waals surface area contributed by atoms with Crippen LogP contribution in [0.15, 0.2) is 48.5 Å². The Bertz CT molecular complexity index is 832. The third-order valence-electron chi connectivity index (χ3n) is 6.55. The van der Waals surface area contributed by atoms with Crippen LogP contribution in [0.4, 0.5) is 0 Å². The van der Waals surface area contributed by atoms with E-state index in [-0.39, 0.29) is 17.4 Å². The molecule has 1 saturated heterocycles. The molecule has 1 spiro atoms. The minimum absolute atomic E-state index is 0.132. The average Bonchev–Trinajstić information content (AvgIpc) is 3.14. The van der Waals surface area contributed by atoms with Gasteiger partial charge in [-0.2, -0.15) is 0 Å². The molecule has 2 fully saturated rings. The van der Waals surface area contributed by atoms with Crippen molar-refractivity contribution in [2.24, 2.45) is 5.41 Å². The van der Waals surface area contributed by atoms with E-state index in [9.17, 15) is 4.79 Å². The number of methoxy groups -OCH3 is 2. The Kier molecular flexibility index (Phi) is 5.40. The van der Waals surface area contributed by atoms with E-state index < -0.39 is 0 Å². The predicted molar refractivity (Wildman–Crippen MR) is 111 cm³/mol. The number of carbonyl (C=O) groups is 1. The third-order valence-corrected chi connectivity index (χ3v) is 6.55. The summed E-state index contributed by atoms with van der Waals surface area (Å²) in [7, 11) is 3.49. The minimum atomic E-state index is 0.132. The molecule has 2 aromatic carbocycles. The maximum atomic E-state index is 13.2. The first-order valence-electron chi connectivity index (χ1n) is 10.2. The van der Waals surface area contributed by atoms with Gasteiger partial charge in [-0.15, -0.1) is 0 Å². The quantitative estimate of drug-likeness (QED) is 0.767. The van der Waals surface area contributed by atoms with Gasteiger partial charge in [0.15, 0.2) is 0 Å². The fraction of sp³-hybridized carbons (Fsp3) is 0.458. The average molecular weight is 380 g/mol. The van der Waals surface area contributed by atoms with Gasteiger partial charge in [-0.3, -0.25) is 4.79 Å². The van der Waals surface area contributed by atoms with Crippen LogP contribution in [0.25, 0.3) is 11.1 Å². The summed E-state index contributed by atoms with van der Waals surface area (Å²) in [6.45, 7) is 1.66. The van der Waals surface area contributed by atoms with Crippen molar-refractivity contribution in [3.63, 3.8) is 0 Å². The molecule has 2 aliphatic rings. The first-order chi connectivity index (χ1) is 13.7. The van der Waals surface area contributed by atoms with E-state index in [2.05, 4.69) is 0 Å². The van der Waals surface area contributed by atoms with E-state index in [4.69, 9.17) is 9.47 Å². The Balaban J connectivity index is 1.52. The molecule has 1 heterocycles. The molecule has 2 aromatic rings. The molecule has 4 nitrogen and oxygen atoms in total. The summed E-state index contributed by atoms with van der Waals surface area (Å²) in [5.74, 6) is 0.971. The molecule has 1 aliphatic carbocycles. The summed E-state index contributed by atoms with van der Waals surface area (Å²) in [5, 5.41) is 0. The Morgan fingerprint density at radius 3 is 2.54 bits per heavy atom. The maximum Gasteiger partial charge on any atom is 0.253 e. The lowest BCUT2D eigenvalue weighted by molar-refractivity contribution is -0.0295. The highest BCUT2D eigenvalue weighted by molar-refractivity contribution is 5.95. The molecule has 1 saturated carbocycles. The number of para-hydroxylation sites is 1. The molecule has 0 radical (unpaired) electrons. The van der Waals surface area contributed by atoms with Crippen LogP contribution in [0.5, 0.6) is 5.75 Å². The van der Waals surface area contributed by atoms with E-state index in [0.29, 0.717) is 0 Å². The number of piperidine rings is 1. The molecule has 0 unspecified atom stereocenters. The number of ether oxygens (including phenoxy) is 2. The summed E-state index contributed by atoms with van der Waals surface area (Å²) < 4.78 is 11.2. The van der Waals surface area contributed by atoms with Crippen LogP contribution < -0.4 is 4.74 Å². The lowest BCUT2D eigenvalue weighted by atomic mass is 9.76. The molecule has 148 valence electrons. The lowest BCUT2D eigenvalue weighted by Gasteiger charge is -2.43. The number of nitrogens with zero attached hydrogens (tertiary/aromatic N) is 1. The van der Waals surface area contributed by atoms with Crippen LogP contribution in [0.1, 0.15) is 42.5 Å². The number of amides is 1. The molecule has 4 rings (SSSR count). The molecule has 1 aliphatic heterocycles. The van der Waals surface area contributed by atoms with Crippen LogP contribution in [0, 0.1) is 5.41 Å². The first kappa shape index (κ1) is 19.0. The first-order valence-corrected chi connectivity index (χ1v) is 10.2. The summed E-state index contributed by atoms with van der Waals surface area (Å²) >= 11 is 0. The maximum absolute atomic E-state index is 13.2. The Labute approximate surface area is 167 Å². The highest BCUT2D eigenvalue weighted by Gasteiger charge is 2.46. The van der Waals surface area contributed by atoms with Gasteiger partial charge in [0.2, 0.25) is 0 Å². The Hall–Kier alpha value is -2.33. The summed E-state index contributed by atoms with van der Waals surface area (Å²) in [6.07, 6.45) is 6.01. The third kappa shape index (κ3) is 3.42. The van der Waals surface area contributed by atoms with Crippen molar-refractivity contribution in [1.82, 2.24) is 4.90 Å². The van der Waals surface area contributed by atoms with Gasteiger partial charge in [0, 0.05) is 36.7 Å². The highest BCUT2D eigenvalue weighted by Crippen LogP contribution is 2.46. The number of hydrogen-bond donors (Lipinski definition) is 0. The Morgan fingerprint density at radius 2 is 1.79 bits per heavy atom. The monoisotopic (exact) mass is 379 g/mol. The van der Waals surface area contributed by atoms with Crippen molar-refractivity contribution in [3.05, 3.63) is 54.1 Å². The topological polar surface area (TPSA) is 38.8 Å². The fourth-order valence-electron chi connectivity index (χ4n) is 5.13. The zero-order valence-electron chi connectivity index (χ0n) is 16.8. The summed E-state index contributed by atoms with van der Waals surface area (Å²) in [4.78, 5) is 15.2. The molecule has 0 bridgehead atoms. The van der Waals surface area contributed by atoms with Gasteiger partial charge in [-0.25, -0.2) is 0 Å². The second kappa shape index (κ2) is 7.96. The van der Waals surface area contributed by atoms with Gasteiger partial charge >= 0.3 is 0 Å². The van der Waals surface area contributed by atoms with E-state index in [1.807, 2.05) is 60.5 Å². The SMILES string of the molecule is COc1ccccc1-c1ccc(C(=O)N2CCC[C@]3(CCC[C@H]3OC)C2)cc1. The molecule has 2 atom stereocenters. The zero-order chi connectivity index (χ0) is 19.6. The summed E-state index contributed by atoms with van der Waals surface area (Å²) in [6, 6.07) is 15.9. The second-order valence-electron chi connectivity index (χ2n) is 8.09. The van der Waals surface area contributed by atoms with Gasteiger partial charge in [-0.1, -0.05) is 36.8 Å². The number of hydrogen-bond acceptors (Lipinski definition) is 3. The Morgan fingerprint density at radius 1 is 1.04 bits per heavy atom. The van der Waals surface area contributed by atoms with Crippen molar-refractivity contribution in [3.8, 4) is 16.9 Å². The minimum Gasteiger partial charge on any atom is -0.496 e. The molecule has 1 amide bonds. The van der Waals surface area contributed by atoms with Crippen molar-refractivity contribution in [2.45, 2.75) is 38.2 Å². The van der Waals surface area contributed by atoms with Crippen LogP contribution in [-0.2, 0) is 4.74 Å². The standard InChI is InChI=1S/C24H29NO3/c1-27-21-8-4-3-7-20(21)18-10-12-19(13-11-18)23(26)25-16-6-15-24(17-25)14-5-9-22(24)28-2/h3-4,7-8,10-13,22H,5-6,9,14-17H2,1-2H3/t22-,24-/m1/s1. The van der Waals surface area contributed by atoms with Crippen LogP contribution in [-0.4, -0.2) is 44.2 Å².